The molecule has 0 saturated heterocycles. The van der Waals surface area contributed by atoms with E-state index in [1.54, 1.807) is 0 Å². The van der Waals surface area contributed by atoms with Crippen molar-refractivity contribution in [3.63, 3.8) is 0 Å². The van der Waals surface area contributed by atoms with Crippen LogP contribution in [-0.2, 0) is 14.3 Å². The first-order chi connectivity index (χ1) is 25.7. The zero-order chi connectivity index (χ0) is 37.7. The summed E-state index contributed by atoms with van der Waals surface area (Å²) in [6, 6.07) is 0. The second-order valence-electron chi connectivity index (χ2n) is 15.8. The molecule has 308 valence electrons. The van der Waals surface area contributed by atoms with Gasteiger partial charge in [-0.05, 0) is 44.9 Å². The van der Waals surface area contributed by atoms with Crippen LogP contribution in [0.5, 0.6) is 0 Å². The van der Waals surface area contributed by atoms with Crippen molar-refractivity contribution < 1.29 is 19.4 Å². The lowest BCUT2D eigenvalue weighted by atomic mass is 10.0. The summed E-state index contributed by atoms with van der Waals surface area (Å²) in [5.74, 6) is -0.196. The first-order valence-corrected chi connectivity index (χ1v) is 23.4. The molecule has 1 unspecified atom stereocenters. The monoisotopic (exact) mass is 733 g/mol. The van der Waals surface area contributed by atoms with Crippen molar-refractivity contribution in [2.45, 2.75) is 258 Å². The van der Waals surface area contributed by atoms with E-state index in [9.17, 15) is 9.90 Å². The summed E-state index contributed by atoms with van der Waals surface area (Å²) in [6.07, 6.45) is 56.8. The standard InChI is InChI=1S/C48H92O4/c1-3-5-7-9-11-13-15-17-19-21-22-23-24-25-26-27-28-30-32-34-36-38-40-42-44-51-46-47(45-49)52-48(50)43-41-39-37-35-33-31-29-20-18-16-14-12-10-8-6-4-2/h15,17,21-22,47,49H,3-14,16,18-20,23-46H2,1-2H3/b17-15-,22-21-. The summed E-state index contributed by atoms with van der Waals surface area (Å²) in [4.78, 5) is 12.2. The van der Waals surface area contributed by atoms with Gasteiger partial charge in [0.15, 0.2) is 0 Å². The highest BCUT2D eigenvalue weighted by molar-refractivity contribution is 5.69. The van der Waals surface area contributed by atoms with Crippen LogP contribution in [0.3, 0.4) is 0 Å². The highest BCUT2D eigenvalue weighted by Gasteiger charge is 2.13. The summed E-state index contributed by atoms with van der Waals surface area (Å²) in [7, 11) is 0. The molecule has 0 aliphatic rings. The average molecular weight is 733 g/mol. The summed E-state index contributed by atoms with van der Waals surface area (Å²) < 4.78 is 11.2. The zero-order valence-corrected chi connectivity index (χ0v) is 35.3. The van der Waals surface area contributed by atoms with E-state index in [-0.39, 0.29) is 12.6 Å². The van der Waals surface area contributed by atoms with Crippen LogP contribution in [0.15, 0.2) is 24.3 Å². The molecule has 4 heteroatoms. The molecule has 0 spiro atoms. The van der Waals surface area contributed by atoms with Crippen LogP contribution in [0, 0.1) is 0 Å². The van der Waals surface area contributed by atoms with Crippen LogP contribution < -0.4 is 0 Å². The average Bonchev–Trinajstić information content (AvgIpc) is 3.15. The van der Waals surface area contributed by atoms with Crippen molar-refractivity contribution in [3.05, 3.63) is 24.3 Å². The molecule has 0 fully saturated rings. The third kappa shape index (κ3) is 43.3. The fourth-order valence-corrected chi connectivity index (χ4v) is 7.01. The van der Waals surface area contributed by atoms with E-state index < -0.39 is 6.10 Å². The van der Waals surface area contributed by atoms with Gasteiger partial charge in [0.2, 0.25) is 0 Å². The normalized spacial score (nSPS) is 12.4. The Morgan fingerprint density at radius 2 is 0.808 bits per heavy atom. The van der Waals surface area contributed by atoms with Crippen LogP contribution in [0.1, 0.15) is 251 Å². The molecule has 0 saturated carbocycles. The second kappa shape index (κ2) is 46.0. The first-order valence-electron chi connectivity index (χ1n) is 23.4. The minimum atomic E-state index is -0.530. The zero-order valence-electron chi connectivity index (χ0n) is 35.3. The molecule has 0 aromatic heterocycles. The molecular formula is C48H92O4. The SMILES string of the molecule is CCCCCCC/C=C\C/C=C\CCCCCCCCCCCCCCOCC(CO)OC(=O)CCCCCCCCCCCCCCCCCC. The second-order valence-corrected chi connectivity index (χ2v) is 15.8. The van der Waals surface area contributed by atoms with Gasteiger partial charge in [-0.3, -0.25) is 4.79 Å². The van der Waals surface area contributed by atoms with Crippen LogP contribution in [0.4, 0.5) is 0 Å². The van der Waals surface area contributed by atoms with E-state index in [2.05, 4.69) is 38.2 Å². The summed E-state index contributed by atoms with van der Waals surface area (Å²) in [6.45, 7) is 5.37. The first kappa shape index (κ1) is 50.9. The highest BCUT2D eigenvalue weighted by atomic mass is 16.6. The van der Waals surface area contributed by atoms with Gasteiger partial charge in [0, 0.05) is 13.0 Å². The quantitative estimate of drug-likeness (QED) is 0.0385. The third-order valence-corrected chi connectivity index (χ3v) is 10.5. The molecule has 0 bridgehead atoms. The number of unbranched alkanes of at least 4 members (excludes halogenated alkanes) is 32. The molecule has 1 N–H and O–H groups in total. The van der Waals surface area contributed by atoms with Gasteiger partial charge in [-0.1, -0.05) is 224 Å². The Balaban J connectivity index is 3.37. The fourth-order valence-electron chi connectivity index (χ4n) is 7.01. The Bertz CT molecular complexity index is 732. The lowest BCUT2D eigenvalue weighted by molar-refractivity contribution is -0.154. The van der Waals surface area contributed by atoms with Crippen LogP contribution in [0.25, 0.3) is 0 Å². The topological polar surface area (TPSA) is 55.8 Å². The molecule has 0 amide bonds. The van der Waals surface area contributed by atoms with E-state index in [0.717, 1.165) is 25.7 Å². The van der Waals surface area contributed by atoms with Gasteiger partial charge >= 0.3 is 5.97 Å². The van der Waals surface area contributed by atoms with E-state index in [1.165, 1.54) is 205 Å². The van der Waals surface area contributed by atoms with Crippen molar-refractivity contribution >= 4 is 5.97 Å². The molecule has 0 aromatic carbocycles. The molecule has 0 aromatic rings. The molecule has 0 rings (SSSR count). The number of rotatable bonds is 44. The van der Waals surface area contributed by atoms with Gasteiger partial charge in [0.25, 0.3) is 0 Å². The minimum Gasteiger partial charge on any atom is -0.457 e. The lowest BCUT2D eigenvalue weighted by Crippen LogP contribution is -2.27. The Kier molecular flexibility index (Phi) is 45.0. The van der Waals surface area contributed by atoms with Gasteiger partial charge in [-0.25, -0.2) is 0 Å². The Labute approximate surface area is 326 Å². The van der Waals surface area contributed by atoms with Gasteiger partial charge in [0.1, 0.15) is 6.10 Å². The number of allylic oxidation sites excluding steroid dienone is 4. The molecule has 52 heavy (non-hydrogen) atoms. The van der Waals surface area contributed by atoms with Gasteiger partial charge in [-0.15, -0.1) is 0 Å². The number of hydrogen-bond acceptors (Lipinski definition) is 4. The molecule has 0 aliphatic heterocycles. The van der Waals surface area contributed by atoms with Crippen molar-refractivity contribution in [1.29, 1.82) is 0 Å². The number of ether oxygens (including phenoxy) is 2. The largest absolute Gasteiger partial charge is 0.457 e. The molecule has 0 heterocycles. The van der Waals surface area contributed by atoms with E-state index >= 15 is 0 Å². The molecular weight excluding hydrogens is 641 g/mol. The number of esters is 1. The molecule has 4 nitrogen and oxygen atoms in total. The number of hydrogen-bond donors (Lipinski definition) is 1. The fraction of sp³-hybridized carbons (Fsp3) is 0.896. The maximum absolute atomic E-state index is 12.2. The Morgan fingerprint density at radius 1 is 0.462 bits per heavy atom. The lowest BCUT2D eigenvalue weighted by Gasteiger charge is -2.16. The molecule has 0 radical (unpaired) electrons. The van der Waals surface area contributed by atoms with Gasteiger partial charge in [0.05, 0.1) is 13.2 Å². The number of carbonyl (C=O) groups is 1. The Morgan fingerprint density at radius 3 is 1.19 bits per heavy atom. The number of aliphatic hydroxyl groups is 1. The highest BCUT2D eigenvalue weighted by Crippen LogP contribution is 2.16. The van der Waals surface area contributed by atoms with Gasteiger partial charge < -0.3 is 14.6 Å². The predicted octanol–water partition coefficient (Wildman–Crippen LogP) is 15.5. The Hall–Kier alpha value is -1.13. The number of carbonyl (C=O) groups excluding carboxylic acids is 1. The summed E-state index contributed by atoms with van der Waals surface area (Å²) in [5.41, 5.74) is 0. The molecule has 0 aliphatic carbocycles. The van der Waals surface area contributed by atoms with E-state index in [0.29, 0.717) is 19.6 Å². The van der Waals surface area contributed by atoms with Crippen molar-refractivity contribution in [1.82, 2.24) is 0 Å². The predicted molar refractivity (Wildman–Crippen MR) is 228 cm³/mol. The van der Waals surface area contributed by atoms with Crippen LogP contribution in [-0.4, -0.2) is 37.0 Å². The molecule has 1 atom stereocenters. The summed E-state index contributed by atoms with van der Waals surface area (Å²) >= 11 is 0. The third-order valence-electron chi connectivity index (χ3n) is 10.5. The van der Waals surface area contributed by atoms with Gasteiger partial charge in [-0.2, -0.15) is 0 Å². The maximum atomic E-state index is 12.2. The number of aliphatic hydroxyl groups excluding tert-OH is 1. The van der Waals surface area contributed by atoms with E-state index in [1.807, 2.05) is 0 Å². The van der Waals surface area contributed by atoms with Crippen LogP contribution >= 0.6 is 0 Å². The van der Waals surface area contributed by atoms with Crippen LogP contribution in [0.2, 0.25) is 0 Å². The maximum Gasteiger partial charge on any atom is 0.306 e. The van der Waals surface area contributed by atoms with Crippen molar-refractivity contribution in [2.24, 2.45) is 0 Å². The van der Waals surface area contributed by atoms with Crippen molar-refractivity contribution in [3.8, 4) is 0 Å². The van der Waals surface area contributed by atoms with E-state index in [4.69, 9.17) is 9.47 Å². The summed E-state index contributed by atoms with van der Waals surface area (Å²) in [5, 5.41) is 9.62. The smallest absolute Gasteiger partial charge is 0.306 e. The minimum absolute atomic E-state index is 0.167. The van der Waals surface area contributed by atoms with Crippen molar-refractivity contribution in [2.75, 3.05) is 19.8 Å².